The Labute approximate surface area is 214 Å². The average Bonchev–Trinajstić information content (AvgIpc) is 3.21. The fourth-order valence-corrected chi connectivity index (χ4v) is 5.90. The highest BCUT2D eigenvalue weighted by molar-refractivity contribution is 5.96. The maximum Gasteiger partial charge on any atom is 0.153 e. The zero-order valence-corrected chi connectivity index (χ0v) is 21.8. The molecular formula is C31H37N5. The van der Waals surface area contributed by atoms with Crippen LogP contribution < -0.4 is 4.90 Å². The number of likely N-dealkylation sites (N-methyl/N-ethyl adjacent to an activating group) is 1. The molecule has 0 unspecified atom stereocenters. The van der Waals surface area contributed by atoms with Gasteiger partial charge < -0.3 is 14.8 Å². The van der Waals surface area contributed by atoms with Crippen LogP contribution in [0.25, 0.3) is 10.9 Å². The minimum Gasteiger partial charge on any atom is -0.355 e. The van der Waals surface area contributed by atoms with Gasteiger partial charge in [0.05, 0.1) is 11.2 Å². The van der Waals surface area contributed by atoms with Crippen molar-refractivity contribution in [2.75, 3.05) is 44.7 Å². The van der Waals surface area contributed by atoms with E-state index in [4.69, 9.17) is 4.98 Å². The van der Waals surface area contributed by atoms with E-state index < -0.39 is 0 Å². The van der Waals surface area contributed by atoms with Crippen molar-refractivity contribution in [1.29, 1.82) is 0 Å². The molecule has 1 fully saturated rings. The largest absolute Gasteiger partial charge is 0.355 e. The number of H-pyrrole nitrogens is 1. The number of hydrogen-bond acceptors (Lipinski definition) is 4. The smallest absolute Gasteiger partial charge is 0.153 e. The fraction of sp³-hybridized carbons (Fsp3) is 0.387. The first-order chi connectivity index (χ1) is 17.6. The molecule has 186 valence electrons. The van der Waals surface area contributed by atoms with Crippen molar-refractivity contribution in [3.05, 3.63) is 93.8 Å². The quantitative estimate of drug-likeness (QED) is 0.433. The molecule has 4 aromatic rings. The summed E-state index contributed by atoms with van der Waals surface area (Å²) in [5, 5.41) is 1.38. The van der Waals surface area contributed by atoms with Crippen molar-refractivity contribution in [2.24, 2.45) is 0 Å². The van der Waals surface area contributed by atoms with Crippen LogP contribution in [0.2, 0.25) is 0 Å². The highest BCUT2D eigenvalue weighted by atomic mass is 15.3. The van der Waals surface area contributed by atoms with Crippen molar-refractivity contribution in [2.45, 2.75) is 39.8 Å². The third kappa shape index (κ3) is 4.42. The Morgan fingerprint density at radius 2 is 1.58 bits per heavy atom. The lowest BCUT2D eigenvalue weighted by molar-refractivity contribution is 0.146. The number of rotatable bonds is 5. The number of piperazine rings is 1. The molecule has 4 heterocycles. The Balaban J connectivity index is 1.47. The third-order valence-electron chi connectivity index (χ3n) is 8.24. The number of benzene rings is 2. The molecule has 5 nitrogen and oxygen atoms in total. The third-order valence-corrected chi connectivity index (χ3v) is 8.24. The van der Waals surface area contributed by atoms with Gasteiger partial charge in [-0.3, -0.25) is 4.90 Å². The average molecular weight is 480 g/mol. The summed E-state index contributed by atoms with van der Waals surface area (Å²) < 4.78 is 0. The molecule has 2 aromatic carbocycles. The lowest BCUT2D eigenvalue weighted by atomic mass is 9.96. The number of fused-ring (bicyclic) bond motifs is 2. The van der Waals surface area contributed by atoms with E-state index in [1.807, 2.05) is 0 Å². The number of aromatic amines is 1. The summed E-state index contributed by atoms with van der Waals surface area (Å²) in [6, 6.07) is 19.8. The van der Waals surface area contributed by atoms with Gasteiger partial charge in [-0.15, -0.1) is 0 Å². The topological polar surface area (TPSA) is 38.4 Å². The van der Waals surface area contributed by atoms with Gasteiger partial charge in [-0.25, -0.2) is 4.98 Å². The summed E-state index contributed by atoms with van der Waals surface area (Å²) in [4.78, 5) is 16.8. The molecule has 0 saturated carbocycles. The van der Waals surface area contributed by atoms with Crippen LogP contribution in [0.3, 0.4) is 0 Å². The fourth-order valence-electron chi connectivity index (χ4n) is 5.90. The molecule has 0 spiro atoms. The first kappa shape index (κ1) is 23.3. The van der Waals surface area contributed by atoms with E-state index >= 15 is 0 Å². The molecule has 0 radical (unpaired) electrons. The van der Waals surface area contributed by atoms with E-state index in [-0.39, 0.29) is 0 Å². The summed E-state index contributed by atoms with van der Waals surface area (Å²) >= 11 is 0. The summed E-state index contributed by atoms with van der Waals surface area (Å²) in [5.74, 6) is 1.12. The van der Waals surface area contributed by atoms with Crippen LogP contribution in [-0.2, 0) is 25.9 Å². The second-order valence-corrected chi connectivity index (χ2v) is 10.7. The summed E-state index contributed by atoms with van der Waals surface area (Å²) in [6.45, 7) is 11.7. The zero-order chi connectivity index (χ0) is 24.6. The van der Waals surface area contributed by atoms with E-state index in [2.05, 4.69) is 95.2 Å². The van der Waals surface area contributed by atoms with E-state index in [0.717, 1.165) is 64.5 Å². The van der Waals surface area contributed by atoms with E-state index in [0.29, 0.717) is 0 Å². The van der Waals surface area contributed by atoms with Crippen LogP contribution in [0.5, 0.6) is 0 Å². The molecule has 0 amide bonds. The lowest BCUT2D eigenvalue weighted by Crippen LogP contribution is -2.44. The van der Waals surface area contributed by atoms with Gasteiger partial charge in [0.25, 0.3) is 0 Å². The Hall–Kier alpha value is -3.15. The van der Waals surface area contributed by atoms with Gasteiger partial charge in [-0.2, -0.15) is 0 Å². The Kier molecular flexibility index (Phi) is 6.28. The second kappa shape index (κ2) is 9.72. The van der Waals surface area contributed by atoms with Crippen LogP contribution in [0.1, 0.15) is 39.2 Å². The number of hydrogen-bond donors (Lipinski definition) is 1. The number of nitrogens with zero attached hydrogens (tertiary/aromatic N) is 4. The van der Waals surface area contributed by atoms with Gasteiger partial charge >= 0.3 is 0 Å². The van der Waals surface area contributed by atoms with Crippen LogP contribution in [0, 0.1) is 13.8 Å². The maximum absolute atomic E-state index is 5.50. The predicted octanol–water partition coefficient (Wildman–Crippen LogP) is 5.08. The van der Waals surface area contributed by atoms with Crippen molar-refractivity contribution in [1.82, 2.24) is 19.8 Å². The Morgan fingerprint density at radius 1 is 0.861 bits per heavy atom. The zero-order valence-electron chi connectivity index (χ0n) is 21.8. The molecule has 1 saturated heterocycles. The number of aromatic nitrogens is 2. The van der Waals surface area contributed by atoms with Gasteiger partial charge in [0, 0.05) is 56.9 Å². The minimum atomic E-state index is 0.910. The summed E-state index contributed by atoms with van der Waals surface area (Å²) in [5.41, 5.74) is 10.7. The maximum atomic E-state index is 5.50. The van der Waals surface area contributed by atoms with Gasteiger partial charge in [-0.1, -0.05) is 54.6 Å². The highest BCUT2D eigenvalue weighted by Crippen LogP contribution is 2.36. The van der Waals surface area contributed by atoms with Gasteiger partial charge in [0.1, 0.15) is 0 Å². The standard InChI is InChI=1S/C31H37N5/c1-22-23(2)32-30-29(22)27(19-24-9-5-4-6-10-24)28(21-35-17-15-34(3)16-18-35)33-31(30)36-14-13-25-11-7-8-12-26(25)20-36/h4-12,32H,13-21H2,1-3H3. The Morgan fingerprint density at radius 3 is 2.36 bits per heavy atom. The molecule has 0 bridgehead atoms. The van der Waals surface area contributed by atoms with Gasteiger partial charge in [0.15, 0.2) is 5.82 Å². The molecule has 36 heavy (non-hydrogen) atoms. The predicted molar refractivity (Wildman–Crippen MR) is 149 cm³/mol. The monoisotopic (exact) mass is 479 g/mol. The summed E-state index contributed by atoms with van der Waals surface area (Å²) in [7, 11) is 2.22. The molecule has 0 aliphatic carbocycles. The molecule has 2 aromatic heterocycles. The molecule has 1 N–H and O–H groups in total. The molecule has 2 aliphatic rings. The van der Waals surface area contributed by atoms with E-state index in [1.54, 1.807) is 0 Å². The van der Waals surface area contributed by atoms with E-state index in [9.17, 15) is 0 Å². The van der Waals surface area contributed by atoms with Crippen LogP contribution in [0.4, 0.5) is 5.82 Å². The molecular weight excluding hydrogens is 442 g/mol. The number of aryl methyl sites for hydroxylation is 2. The lowest BCUT2D eigenvalue weighted by Gasteiger charge is -2.34. The van der Waals surface area contributed by atoms with Crippen LogP contribution in [0.15, 0.2) is 54.6 Å². The normalized spacial score (nSPS) is 17.0. The SMILES string of the molecule is Cc1[nH]c2c(N3CCc4ccccc4C3)nc(CN3CCN(C)CC3)c(Cc3ccccc3)c2c1C. The van der Waals surface area contributed by atoms with Crippen molar-refractivity contribution in [3.63, 3.8) is 0 Å². The second-order valence-electron chi connectivity index (χ2n) is 10.7. The number of anilines is 1. The van der Waals surface area contributed by atoms with Crippen molar-refractivity contribution in [3.8, 4) is 0 Å². The number of pyridine rings is 1. The van der Waals surface area contributed by atoms with E-state index in [1.165, 1.54) is 50.1 Å². The first-order valence-electron chi connectivity index (χ1n) is 13.3. The van der Waals surface area contributed by atoms with Crippen molar-refractivity contribution < 1.29 is 0 Å². The minimum absolute atomic E-state index is 0.910. The van der Waals surface area contributed by atoms with Gasteiger partial charge in [-0.05, 0) is 61.6 Å². The summed E-state index contributed by atoms with van der Waals surface area (Å²) in [6.07, 6.45) is 1.98. The first-order valence-corrected chi connectivity index (χ1v) is 13.3. The molecule has 6 rings (SSSR count). The van der Waals surface area contributed by atoms with Crippen LogP contribution in [-0.4, -0.2) is 59.5 Å². The molecule has 5 heteroatoms. The van der Waals surface area contributed by atoms with Crippen LogP contribution >= 0.6 is 0 Å². The van der Waals surface area contributed by atoms with Crippen molar-refractivity contribution >= 4 is 16.7 Å². The molecule has 2 aliphatic heterocycles. The molecule has 0 atom stereocenters. The highest BCUT2D eigenvalue weighted by Gasteiger charge is 2.26. The Bertz CT molecular complexity index is 1360. The number of nitrogens with one attached hydrogen (secondary N) is 1. The van der Waals surface area contributed by atoms with Gasteiger partial charge in [0.2, 0.25) is 0 Å².